The van der Waals surface area contributed by atoms with E-state index in [1.165, 1.54) is 10.8 Å². The number of hydrogen-bond acceptors (Lipinski definition) is 5. The zero-order valence-electron chi connectivity index (χ0n) is 15.6. The van der Waals surface area contributed by atoms with Crippen LogP contribution in [0.2, 0.25) is 0 Å². The van der Waals surface area contributed by atoms with Crippen molar-refractivity contribution in [1.29, 1.82) is 0 Å². The Morgan fingerprint density at radius 1 is 1.23 bits per heavy atom. The molecule has 1 aromatic heterocycles. The van der Waals surface area contributed by atoms with Crippen molar-refractivity contribution >= 4 is 5.91 Å². The van der Waals surface area contributed by atoms with Crippen molar-refractivity contribution in [1.82, 2.24) is 19.4 Å². The number of aromatic amines is 1. The number of aromatic nitrogens is 2. The second-order valence-electron chi connectivity index (χ2n) is 7.31. The smallest absolute Gasteiger partial charge is 0.328 e. The molecule has 8 nitrogen and oxygen atoms in total. The largest absolute Gasteiger partial charge is 0.379 e. The standard InChI is InChI=1S/C18H28N4O4/c1-13-11-22(18(25)19-17(13)24)12-16(23)21-5-3-15(4-6-21)14(2)20-7-9-26-10-8-20/h11,14-15H,3-10,12H2,1-2H3,(H,19,24,25)/t14-/m1/s1. The zero-order chi connectivity index (χ0) is 18.7. The van der Waals surface area contributed by atoms with Crippen LogP contribution in [-0.4, -0.2) is 70.7 Å². The monoisotopic (exact) mass is 364 g/mol. The number of ether oxygens (including phenoxy) is 1. The lowest BCUT2D eigenvalue weighted by molar-refractivity contribution is -0.133. The summed E-state index contributed by atoms with van der Waals surface area (Å²) in [6.07, 6.45) is 3.40. The van der Waals surface area contributed by atoms with Crippen LogP contribution in [0, 0.1) is 12.8 Å². The number of hydrogen-bond donors (Lipinski definition) is 1. The molecule has 3 rings (SSSR count). The minimum atomic E-state index is -0.537. The molecule has 144 valence electrons. The summed E-state index contributed by atoms with van der Waals surface area (Å²) in [6.45, 7) is 8.87. The molecule has 0 unspecified atom stereocenters. The lowest BCUT2D eigenvalue weighted by atomic mass is 9.89. The number of carbonyl (C=O) groups excluding carboxylic acids is 1. The second kappa shape index (κ2) is 8.18. The topological polar surface area (TPSA) is 87.6 Å². The maximum absolute atomic E-state index is 12.5. The number of rotatable bonds is 4. The van der Waals surface area contributed by atoms with Crippen molar-refractivity contribution < 1.29 is 9.53 Å². The van der Waals surface area contributed by atoms with Gasteiger partial charge in [-0.25, -0.2) is 4.79 Å². The van der Waals surface area contributed by atoms with E-state index in [0.29, 0.717) is 17.5 Å². The van der Waals surface area contributed by atoms with Crippen molar-refractivity contribution in [3.8, 4) is 0 Å². The number of aryl methyl sites for hydroxylation is 1. The first-order chi connectivity index (χ1) is 12.5. The molecule has 3 heterocycles. The molecule has 1 aromatic rings. The highest BCUT2D eigenvalue weighted by atomic mass is 16.5. The lowest BCUT2D eigenvalue weighted by Crippen LogP contribution is -2.49. The number of piperidine rings is 1. The summed E-state index contributed by atoms with van der Waals surface area (Å²) >= 11 is 0. The number of nitrogens with zero attached hydrogens (tertiary/aromatic N) is 3. The molecule has 1 N–H and O–H groups in total. The van der Waals surface area contributed by atoms with Gasteiger partial charge in [-0.15, -0.1) is 0 Å². The Labute approximate surface area is 152 Å². The third-order valence-electron chi connectivity index (χ3n) is 5.69. The molecule has 0 radical (unpaired) electrons. The first-order valence-corrected chi connectivity index (χ1v) is 9.35. The Balaban J connectivity index is 1.54. The molecule has 0 aromatic carbocycles. The van der Waals surface area contributed by atoms with Crippen LogP contribution in [0.3, 0.4) is 0 Å². The highest BCUT2D eigenvalue weighted by Gasteiger charge is 2.30. The van der Waals surface area contributed by atoms with Gasteiger partial charge in [-0.05, 0) is 32.6 Å². The fourth-order valence-corrected chi connectivity index (χ4v) is 3.90. The SMILES string of the molecule is Cc1cn(CC(=O)N2CCC([C@@H](C)N3CCOCC3)CC2)c(=O)[nH]c1=O. The molecule has 0 aliphatic carbocycles. The minimum Gasteiger partial charge on any atom is -0.379 e. The van der Waals surface area contributed by atoms with Crippen molar-refractivity contribution in [2.75, 3.05) is 39.4 Å². The van der Waals surface area contributed by atoms with E-state index in [2.05, 4.69) is 16.8 Å². The molecular weight excluding hydrogens is 336 g/mol. The van der Waals surface area contributed by atoms with Crippen LogP contribution in [0.1, 0.15) is 25.3 Å². The van der Waals surface area contributed by atoms with E-state index in [9.17, 15) is 14.4 Å². The number of carbonyl (C=O) groups is 1. The zero-order valence-corrected chi connectivity index (χ0v) is 15.6. The number of likely N-dealkylation sites (tertiary alicyclic amines) is 1. The highest BCUT2D eigenvalue weighted by Crippen LogP contribution is 2.24. The van der Waals surface area contributed by atoms with Crippen molar-refractivity contribution in [2.45, 2.75) is 39.3 Å². The average molecular weight is 364 g/mol. The predicted molar refractivity (Wildman–Crippen MR) is 97.2 cm³/mol. The number of amides is 1. The van der Waals surface area contributed by atoms with Crippen LogP contribution < -0.4 is 11.2 Å². The third kappa shape index (κ3) is 4.24. The molecule has 0 saturated carbocycles. The lowest BCUT2D eigenvalue weighted by Gasteiger charge is -2.41. The Hall–Kier alpha value is -1.93. The van der Waals surface area contributed by atoms with Gasteiger partial charge in [-0.1, -0.05) is 0 Å². The van der Waals surface area contributed by atoms with Gasteiger partial charge >= 0.3 is 5.69 Å². The normalized spacial score (nSPS) is 20.9. The van der Waals surface area contributed by atoms with E-state index in [4.69, 9.17) is 4.74 Å². The summed E-state index contributed by atoms with van der Waals surface area (Å²) in [6, 6.07) is 0.501. The Bertz CT molecular complexity index is 742. The van der Waals surface area contributed by atoms with Gasteiger partial charge in [0.1, 0.15) is 6.54 Å². The van der Waals surface area contributed by atoms with Gasteiger partial charge in [0.05, 0.1) is 13.2 Å². The quantitative estimate of drug-likeness (QED) is 0.800. The summed E-state index contributed by atoms with van der Waals surface area (Å²) in [5.41, 5.74) is -0.517. The maximum atomic E-state index is 12.5. The molecule has 0 spiro atoms. The van der Waals surface area contributed by atoms with E-state index in [1.54, 1.807) is 6.92 Å². The molecule has 2 aliphatic rings. The summed E-state index contributed by atoms with van der Waals surface area (Å²) in [7, 11) is 0. The van der Waals surface area contributed by atoms with E-state index in [-0.39, 0.29) is 12.5 Å². The molecule has 2 aliphatic heterocycles. The average Bonchev–Trinajstić information content (AvgIpc) is 2.66. The van der Waals surface area contributed by atoms with Gasteiger partial charge in [-0.3, -0.25) is 24.0 Å². The summed E-state index contributed by atoms with van der Waals surface area (Å²) in [4.78, 5) is 42.4. The van der Waals surface area contributed by atoms with E-state index >= 15 is 0 Å². The number of nitrogens with one attached hydrogen (secondary N) is 1. The van der Waals surface area contributed by atoms with Crippen LogP contribution in [0.4, 0.5) is 0 Å². The van der Waals surface area contributed by atoms with E-state index in [0.717, 1.165) is 52.2 Å². The minimum absolute atomic E-state index is 0.0276. The number of H-pyrrole nitrogens is 1. The van der Waals surface area contributed by atoms with Crippen LogP contribution >= 0.6 is 0 Å². The first kappa shape index (κ1) is 18.8. The Morgan fingerprint density at radius 3 is 2.54 bits per heavy atom. The van der Waals surface area contributed by atoms with Crippen LogP contribution in [0.5, 0.6) is 0 Å². The van der Waals surface area contributed by atoms with Crippen molar-refractivity contribution in [3.63, 3.8) is 0 Å². The molecule has 26 heavy (non-hydrogen) atoms. The Kier molecular flexibility index (Phi) is 5.93. The molecule has 0 bridgehead atoms. The molecule has 1 amide bonds. The van der Waals surface area contributed by atoms with Gasteiger partial charge in [0.25, 0.3) is 5.56 Å². The fraction of sp³-hybridized carbons (Fsp3) is 0.722. The van der Waals surface area contributed by atoms with E-state index < -0.39 is 11.2 Å². The van der Waals surface area contributed by atoms with Crippen LogP contribution in [0.25, 0.3) is 0 Å². The number of morpholine rings is 1. The molecule has 8 heteroatoms. The molecule has 1 atom stereocenters. The predicted octanol–water partition coefficient (Wildman–Crippen LogP) is -0.196. The fourth-order valence-electron chi connectivity index (χ4n) is 3.90. The molecular formula is C18H28N4O4. The van der Waals surface area contributed by atoms with Gasteiger partial charge in [-0.2, -0.15) is 0 Å². The summed E-state index contributed by atoms with van der Waals surface area (Å²) in [5, 5.41) is 0. The maximum Gasteiger partial charge on any atom is 0.328 e. The van der Waals surface area contributed by atoms with Crippen molar-refractivity contribution in [3.05, 3.63) is 32.6 Å². The molecule has 2 fully saturated rings. The van der Waals surface area contributed by atoms with Crippen LogP contribution in [-0.2, 0) is 16.1 Å². The summed E-state index contributed by atoms with van der Waals surface area (Å²) < 4.78 is 6.70. The highest BCUT2D eigenvalue weighted by molar-refractivity contribution is 5.76. The van der Waals surface area contributed by atoms with E-state index in [1.807, 2.05) is 4.90 Å². The molecule has 2 saturated heterocycles. The van der Waals surface area contributed by atoms with Gasteiger partial charge in [0.15, 0.2) is 0 Å². The van der Waals surface area contributed by atoms with Crippen LogP contribution in [0.15, 0.2) is 15.8 Å². The van der Waals surface area contributed by atoms with Gasteiger partial charge in [0, 0.05) is 44.0 Å². The summed E-state index contributed by atoms with van der Waals surface area (Å²) in [5.74, 6) is 0.506. The Morgan fingerprint density at radius 2 is 1.88 bits per heavy atom. The van der Waals surface area contributed by atoms with Crippen molar-refractivity contribution in [2.24, 2.45) is 5.92 Å². The van der Waals surface area contributed by atoms with Gasteiger partial charge < -0.3 is 9.64 Å². The second-order valence-corrected chi connectivity index (χ2v) is 7.31. The first-order valence-electron chi connectivity index (χ1n) is 9.35. The van der Waals surface area contributed by atoms with Gasteiger partial charge in [0.2, 0.25) is 5.91 Å². The third-order valence-corrected chi connectivity index (χ3v) is 5.69.